The summed E-state index contributed by atoms with van der Waals surface area (Å²) in [4.78, 5) is 6.58. The summed E-state index contributed by atoms with van der Waals surface area (Å²) in [6.07, 6.45) is 3.37. The first-order valence-electron chi connectivity index (χ1n) is 6.95. The van der Waals surface area contributed by atoms with Gasteiger partial charge in [0.15, 0.2) is 0 Å². The molecule has 1 aliphatic heterocycles. The Morgan fingerprint density at radius 3 is 2.80 bits per heavy atom. The van der Waals surface area contributed by atoms with Gasteiger partial charge < -0.3 is 15.4 Å². The highest BCUT2D eigenvalue weighted by atomic mass is 16.3. The van der Waals surface area contributed by atoms with Crippen molar-refractivity contribution < 1.29 is 5.11 Å². The van der Waals surface area contributed by atoms with E-state index in [0.29, 0.717) is 13.1 Å². The largest absolute Gasteiger partial charge is 0.387 e. The van der Waals surface area contributed by atoms with Crippen molar-refractivity contribution in [3.63, 3.8) is 0 Å². The van der Waals surface area contributed by atoms with Gasteiger partial charge in [-0.3, -0.25) is 4.90 Å². The van der Waals surface area contributed by atoms with Crippen LogP contribution in [0.25, 0.3) is 0 Å². The minimum Gasteiger partial charge on any atom is -0.387 e. The number of benzene rings is 1. The Morgan fingerprint density at radius 2 is 2.05 bits per heavy atom. The normalized spacial score (nSPS) is 16.9. The van der Waals surface area contributed by atoms with Crippen LogP contribution in [0.3, 0.4) is 0 Å². The van der Waals surface area contributed by atoms with Crippen LogP contribution >= 0.6 is 0 Å². The molecule has 0 bridgehead atoms. The predicted octanol–water partition coefficient (Wildman–Crippen LogP) is 0.891. The number of nitrogens with zero attached hydrogens (tertiary/aromatic N) is 3. The summed E-state index contributed by atoms with van der Waals surface area (Å²) in [6.45, 7) is 3.85. The van der Waals surface area contributed by atoms with Crippen molar-refractivity contribution in [1.29, 1.82) is 0 Å². The number of fused-ring (bicyclic) bond motifs is 1. The van der Waals surface area contributed by atoms with E-state index < -0.39 is 6.10 Å². The van der Waals surface area contributed by atoms with Crippen molar-refractivity contribution in [2.75, 3.05) is 13.1 Å². The molecule has 0 saturated carbocycles. The molecular weight excluding hydrogens is 252 g/mol. The van der Waals surface area contributed by atoms with Gasteiger partial charge >= 0.3 is 0 Å². The predicted molar refractivity (Wildman–Crippen MR) is 76.8 cm³/mol. The summed E-state index contributed by atoms with van der Waals surface area (Å²) >= 11 is 0. The Morgan fingerprint density at radius 1 is 1.25 bits per heavy atom. The number of nitrogens with two attached hydrogens (primary N) is 1. The molecule has 106 valence electrons. The van der Waals surface area contributed by atoms with Crippen LogP contribution in [0, 0.1) is 0 Å². The van der Waals surface area contributed by atoms with Gasteiger partial charge in [-0.15, -0.1) is 0 Å². The highest BCUT2D eigenvalue weighted by Crippen LogP contribution is 2.18. The Bertz CT molecular complexity index is 564. The van der Waals surface area contributed by atoms with E-state index in [1.54, 1.807) is 0 Å². The van der Waals surface area contributed by atoms with E-state index in [1.807, 2.05) is 36.7 Å². The molecule has 3 rings (SSSR count). The number of hydrogen-bond acceptors (Lipinski definition) is 4. The summed E-state index contributed by atoms with van der Waals surface area (Å²) in [5, 5.41) is 10.3. The summed E-state index contributed by atoms with van der Waals surface area (Å²) in [6, 6.07) is 7.86. The lowest BCUT2D eigenvalue weighted by Crippen LogP contribution is -2.36. The lowest BCUT2D eigenvalue weighted by atomic mass is 10.1. The number of imidazole rings is 1. The molecule has 1 atom stereocenters. The average molecular weight is 272 g/mol. The zero-order valence-corrected chi connectivity index (χ0v) is 11.4. The topological polar surface area (TPSA) is 67.3 Å². The van der Waals surface area contributed by atoms with E-state index in [-0.39, 0.29) is 0 Å². The van der Waals surface area contributed by atoms with Gasteiger partial charge in [-0.25, -0.2) is 4.98 Å². The van der Waals surface area contributed by atoms with Gasteiger partial charge in [0.25, 0.3) is 0 Å². The second kappa shape index (κ2) is 5.75. The van der Waals surface area contributed by atoms with Crippen LogP contribution in [0.1, 0.15) is 23.1 Å². The van der Waals surface area contributed by atoms with Crippen LogP contribution < -0.4 is 5.73 Å². The van der Waals surface area contributed by atoms with Crippen molar-refractivity contribution in [1.82, 2.24) is 14.5 Å². The van der Waals surface area contributed by atoms with Gasteiger partial charge in [0, 0.05) is 38.6 Å². The molecule has 1 aliphatic rings. The molecule has 3 N–H and O–H groups in total. The first-order chi connectivity index (χ1) is 9.76. The van der Waals surface area contributed by atoms with Gasteiger partial charge in [-0.2, -0.15) is 0 Å². The van der Waals surface area contributed by atoms with Crippen molar-refractivity contribution in [3.05, 3.63) is 53.6 Å². The summed E-state index contributed by atoms with van der Waals surface area (Å²) in [5.41, 5.74) is 7.61. The number of hydrogen-bond donors (Lipinski definition) is 2. The minimum atomic E-state index is -0.469. The van der Waals surface area contributed by atoms with Gasteiger partial charge in [-0.1, -0.05) is 24.3 Å². The fourth-order valence-corrected chi connectivity index (χ4v) is 2.61. The molecule has 2 aromatic rings. The van der Waals surface area contributed by atoms with Crippen LogP contribution in [-0.4, -0.2) is 32.6 Å². The van der Waals surface area contributed by atoms with Crippen LogP contribution in [-0.2, 0) is 19.6 Å². The Labute approximate surface area is 118 Å². The van der Waals surface area contributed by atoms with E-state index in [0.717, 1.165) is 36.6 Å². The van der Waals surface area contributed by atoms with E-state index in [9.17, 15) is 5.11 Å². The average Bonchev–Trinajstić information content (AvgIpc) is 2.95. The standard InChI is InChI=1S/C15H20N4O/c16-9-12-1-3-13(4-2-12)14(20)10-18-7-8-19-6-5-17-15(19)11-18/h1-6,14,20H,7-11,16H2. The first kappa shape index (κ1) is 13.3. The first-order valence-corrected chi connectivity index (χ1v) is 6.95. The fourth-order valence-electron chi connectivity index (χ4n) is 2.61. The van der Waals surface area contributed by atoms with E-state index in [4.69, 9.17) is 5.73 Å². The molecule has 0 radical (unpaired) electrons. The van der Waals surface area contributed by atoms with Crippen LogP contribution in [0.5, 0.6) is 0 Å². The zero-order valence-electron chi connectivity index (χ0n) is 11.4. The quantitative estimate of drug-likeness (QED) is 0.867. The number of rotatable bonds is 4. The molecule has 0 fully saturated rings. The molecule has 1 aromatic heterocycles. The third-order valence-corrected chi connectivity index (χ3v) is 3.86. The molecule has 5 nitrogen and oxygen atoms in total. The Balaban J connectivity index is 1.63. The van der Waals surface area contributed by atoms with Crippen molar-refractivity contribution >= 4 is 0 Å². The maximum atomic E-state index is 10.3. The highest BCUT2D eigenvalue weighted by Gasteiger charge is 2.19. The summed E-state index contributed by atoms with van der Waals surface area (Å²) < 4.78 is 2.17. The van der Waals surface area contributed by atoms with Gasteiger partial charge in [0.2, 0.25) is 0 Å². The highest BCUT2D eigenvalue weighted by molar-refractivity contribution is 5.24. The lowest BCUT2D eigenvalue weighted by molar-refractivity contribution is 0.0962. The Hall–Kier alpha value is -1.69. The van der Waals surface area contributed by atoms with Crippen molar-refractivity contribution in [2.45, 2.75) is 25.7 Å². The maximum absolute atomic E-state index is 10.3. The zero-order chi connectivity index (χ0) is 13.9. The van der Waals surface area contributed by atoms with Gasteiger partial charge in [-0.05, 0) is 11.1 Å². The molecule has 0 aliphatic carbocycles. The van der Waals surface area contributed by atoms with E-state index in [2.05, 4.69) is 14.5 Å². The molecule has 1 aromatic carbocycles. The maximum Gasteiger partial charge on any atom is 0.122 e. The van der Waals surface area contributed by atoms with Crippen LogP contribution in [0.2, 0.25) is 0 Å². The smallest absolute Gasteiger partial charge is 0.122 e. The second-order valence-electron chi connectivity index (χ2n) is 5.23. The molecule has 20 heavy (non-hydrogen) atoms. The van der Waals surface area contributed by atoms with E-state index in [1.165, 1.54) is 0 Å². The number of β-amino-alcohol motifs (C(OH)–C–C–N with tert-alkyl or cyclic N) is 1. The van der Waals surface area contributed by atoms with Gasteiger partial charge in [0.05, 0.1) is 12.6 Å². The third-order valence-electron chi connectivity index (χ3n) is 3.86. The fraction of sp³-hybridized carbons (Fsp3) is 0.400. The SMILES string of the molecule is NCc1ccc(C(O)CN2CCn3ccnc3C2)cc1. The molecule has 2 heterocycles. The lowest BCUT2D eigenvalue weighted by Gasteiger charge is -2.29. The molecule has 0 spiro atoms. The summed E-state index contributed by atoms with van der Waals surface area (Å²) in [7, 11) is 0. The van der Waals surface area contributed by atoms with Crippen LogP contribution in [0.15, 0.2) is 36.7 Å². The van der Waals surface area contributed by atoms with Crippen molar-refractivity contribution in [2.24, 2.45) is 5.73 Å². The molecular formula is C15H20N4O. The van der Waals surface area contributed by atoms with Gasteiger partial charge in [0.1, 0.15) is 5.82 Å². The molecule has 5 heteroatoms. The third kappa shape index (κ3) is 2.75. The molecule has 1 unspecified atom stereocenters. The number of aromatic nitrogens is 2. The Kier molecular flexibility index (Phi) is 3.82. The summed E-state index contributed by atoms with van der Waals surface area (Å²) in [5.74, 6) is 1.07. The van der Waals surface area contributed by atoms with Crippen LogP contribution in [0.4, 0.5) is 0 Å². The minimum absolute atomic E-state index is 0.469. The number of aliphatic hydroxyl groups is 1. The van der Waals surface area contributed by atoms with E-state index >= 15 is 0 Å². The number of aliphatic hydroxyl groups excluding tert-OH is 1. The second-order valence-corrected chi connectivity index (χ2v) is 5.23. The molecule has 0 amide bonds. The van der Waals surface area contributed by atoms with Crippen molar-refractivity contribution in [3.8, 4) is 0 Å². The molecule has 0 saturated heterocycles. The monoisotopic (exact) mass is 272 g/mol.